The van der Waals surface area contributed by atoms with Crippen LogP contribution < -0.4 is 0 Å². The van der Waals surface area contributed by atoms with Gasteiger partial charge in [-0.15, -0.1) is 0 Å². The fourth-order valence-corrected chi connectivity index (χ4v) is 2.46. The molecule has 3 aliphatic rings. The SMILES string of the molecule is C[C@]12C=C[C@H](O1)[C@H]1C(=O)OC(=O)[C@H]12. The largest absolute Gasteiger partial charge is 0.393 e. The Kier molecular flexibility index (Phi) is 1.03. The van der Waals surface area contributed by atoms with Gasteiger partial charge in [-0.05, 0) is 6.92 Å². The Morgan fingerprint density at radius 1 is 1.38 bits per heavy atom. The van der Waals surface area contributed by atoms with Crippen molar-refractivity contribution < 1.29 is 19.1 Å². The van der Waals surface area contributed by atoms with Gasteiger partial charge in [0.25, 0.3) is 0 Å². The lowest BCUT2D eigenvalue weighted by Crippen LogP contribution is -2.34. The van der Waals surface area contributed by atoms with E-state index in [4.69, 9.17) is 4.74 Å². The van der Waals surface area contributed by atoms with Gasteiger partial charge in [-0.25, -0.2) is 0 Å². The number of ether oxygens (including phenoxy) is 2. The number of rotatable bonds is 0. The monoisotopic (exact) mass is 180 g/mol. The zero-order chi connectivity index (χ0) is 9.22. The number of esters is 2. The second kappa shape index (κ2) is 1.85. The van der Waals surface area contributed by atoms with Gasteiger partial charge in [0, 0.05) is 0 Å². The van der Waals surface area contributed by atoms with Crippen LogP contribution in [0.3, 0.4) is 0 Å². The van der Waals surface area contributed by atoms with E-state index in [0.29, 0.717) is 0 Å². The molecule has 3 rings (SSSR count). The van der Waals surface area contributed by atoms with E-state index in [9.17, 15) is 9.59 Å². The molecule has 13 heavy (non-hydrogen) atoms. The predicted octanol–water partition coefficient (Wildman–Crippen LogP) is 0.0295. The van der Waals surface area contributed by atoms with E-state index in [1.807, 2.05) is 19.1 Å². The van der Waals surface area contributed by atoms with Crippen LogP contribution in [-0.2, 0) is 19.1 Å². The van der Waals surface area contributed by atoms with Gasteiger partial charge < -0.3 is 9.47 Å². The minimum atomic E-state index is -0.613. The van der Waals surface area contributed by atoms with E-state index in [-0.39, 0.29) is 6.10 Å². The van der Waals surface area contributed by atoms with Crippen LogP contribution in [0, 0.1) is 11.8 Å². The minimum Gasteiger partial charge on any atom is -0.393 e. The Hall–Kier alpha value is -1.16. The lowest BCUT2D eigenvalue weighted by Gasteiger charge is -2.20. The summed E-state index contributed by atoms with van der Waals surface area (Å²) >= 11 is 0. The van der Waals surface area contributed by atoms with Crippen molar-refractivity contribution in [2.24, 2.45) is 11.8 Å². The van der Waals surface area contributed by atoms with E-state index < -0.39 is 29.4 Å². The highest BCUT2D eigenvalue weighted by Crippen LogP contribution is 2.50. The third-order valence-corrected chi connectivity index (χ3v) is 3.06. The van der Waals surface area contributed by atoms with Crippen LogP contribution in [0.4, 0.5) is 0 Å². The first-order chi connectivity index (χ1) is 6.12. The number of cyclic esters (lactones) is 2. The number of carbonyl (C=O) groups is 2. The number of hydrogen-bond donors (Lipinski definition) is 0. The molecule has 3 aliphatic heterocycles. The van der Waals surface area contributed by atoms with Gasteiger partial charge in [0.15, 0.2) is 0 Å². The molecule has 4 heteroatoms. The standard InChI is InChI=1S/C9H8O4/c1-9-3-2-4(13-9)5-6(9)8(11)12-7(5)10/h2-6H,1H3/t4-,5+,6-,9+/m0/s1. The normalized spacial score (nSPS) is 51.3. The van der Waals surface area contributed by atoms with Crippen molar-refractivity contribution in [3.63, 3.8) is 0 Å². The summed E-state index contributed by atoms with van der Waals surface area (Å²) in [6, 6.07) is 0. The third kappa shape index (κ3) is 0.659. The van der Waals surface area contributed by atoms with E-state index in [2.05, 4.69) is 4.74 Å². The van der Waals surface area contributed by atoms with Crippen molar-refractivity contribution in [1.29, 1.82) is 0 Å². The molecule has 0 saturated carbocycles. The summed E-state index contributed by atoms with van der Waals surface area (Å²) in [7, 11) is 0. The highest BCUT2D eigenvalue weighted by molar-refractivity contribution is 5.99. The maximum Gasteiger partial charge on any atom is 0.320 e. The van der Waals surface area contributed by atoms with Gasteiger partial charge in [0.05, 0.1) is 11.7 Å². The van der Waals surface area contributed by atoms with Gasteiger partial charge in [0.2, 0.25) is 0 Å². The molecule has 0 amide bonds. The molecule has 68 valence electrons. The molecular weight excluding hydrogens is 172 g/mol. The molecule has 0 unspecified atom stereocenters. The summed E-state index contributed by atoms with van der Waals surface area (Å²) in [5.74, 6) is -1.70. The van der Waals surface area contributed by atoms with Crippen molar-refractivity contribution in [2.45, 2.75) is 18.6 Å². The number of hydrogen-bond acceptors (Lipinski definition) is 4. The minimum absolute atomic E-state index is 0.256. The lowest BCUT2D eigenvalue weighted by atomic mass is 9.78. The van der Waals surface area contributed by atoms with Crippen molar-refractivity contribution in [3.8, 4) is 0 Å². The third-order valence-electron chi connectivity index (χ3n) is 3.06. The van der Waals surface area contributed by atoms with Crippen molar-refractivity contribution in [2.75, 3.05) is 0 Å². The van der Waals surface area contributed by atoms with Gasteiger partial charge in [-0.2, -0.15) is 0 Å². The first-order valence-corrected chi connectivity index (χ1v) is 4.24. The van der Waals surface area contributed by atoms with Crippen LogP contribution in [0.15, 0.2) is 12.2 Å². The molecule has 2 fully saturated rings. The molecule has 4 nitrogen and oxygen atoms in total. The Morgan fingerprint density at radius 3 is 2.85 bits per heavy atom. The van der Waals surface area contributed by atoms with Crippen molar-refractivity contribution >= 4 is 11.9 Å². The fraction of sp³-hybridized carbons (Fsp3) is 0.556. The van der Waals surface area contributed by atoms with Gasteiger partial charge in [-0.3, -0.25) is 9.59 Å². The molecule has 0 aromatic heterocycles. The summed E-state index contributed by atoms with van der Waals surface area (Å²) in [5.41, 5.74) is -0.613. The molecule has 0 N–H and O–H groups in total. The molecule has 3 heterocycles. The average Bonchev–Trinajstić information content (AvgIpc) is 2.62. The number of carbonyl (C=O) groups excluding carboxylic acids is 2. The van der Waals surface area contributed by atoms with Crippen LogP contribution >= 0.6 is 0 Å². The highest BCUT2D eigenvalue weighted by atomic mass is 16.6. The Labute approximate surface area is 74.5 Å². The first kappa shape index (κ1) is 7.26. The maximum atomic E-state index is 11.3. The lowest BCUT2D eigenvalue weighted by molar-refractivity contribution is -0.157. The van der Waals surface area contributed by atoms with E-state index >= 15 is 0 Å². The van der Waals surface area contributed by atoms with E-state index in [1.54, 1.807) is 0 Å². The molecule has 2 saturated heterocycles. The topological polar surface area (TPSA) is 52.6 Å². The zero-order valence-electron chi connectivity index (χ0n) is 7.02. The van der Waals surface area contributed by atoms with Crippen molar-refractivity contribution in [1.82, 2.24) is 0 Å². The van der Waals surface area contributed by atoms with Crippen molar-refractivity contribution in [3.05, 3.63) is 12.2 Å². The highest BCUT2D eigenvalue weighted by Gasteiger charge is 2.64. The zero-order valence-corrected chi connectivity index (χ0v) is 7.02. The molecular formula is C9H8O4. The molecule has 0 radical (unpaired) electrons. The second-order valence-corrected chi connectivity index (χ2v) is 3.87. The van der Waals surface area contributed by atoms with E-state index in [0.717, 1.165) is 0 Å². The van der Waals surface area contributed by atoms with Gasteiger partial charge >= 0.3 is 11.9 Å². The molecule has 0 aromatic carbocycles. The fourth-order valence-electron chi connectivity index (χ4n) is 2.46. The molecule has 0 aromatic rings. The summed E-state index contributed by atoms with van der Waals surface area (Å²) in [6.07, 6.45) is 3.42. The summed E-state index contributed by atoms with van der Waals surface area (Å²) in [5, 5.41) is 0. The number of fused-ring (bicyclic) bond motifs is 5. The average molecular weight is 180 g/mol. The molecule has 0 aliphatic carbocycles. The molecule has 0 spiro atoms. The second-order valence-electron chi connectivity index (χ2n) is 3.87. The Bertz CT molecular complexity index is 346. The Balaban J connectivity index is 2.13. The summed E-state index contributed by atoms with van der Waals surface area (Å²) < 4.78 is 10.1. The van der Waals surface area contributed by atoms with Gasteiger partial charge in [-0.1, -0.05) is 12.2 Å². The van der Waals surface area contributed by atoms with Crippen LogP contribution in [0.2, 0.25) is 0 Å². The summed E-state index contributed by atoms with van der Waals surface area (Å²) in [6.45, 7) is 1.81. The van der Waals surface area contributed by atoms with Crippen LogP contribution in [0.5, 0.6) is 0 Å². The van der Waals surface area contributed by atoms with Gasteiger partial charge in [0.1, 0.15) is 11.8 Å². The molecule has 2 bridgehead atoms. The predicted molar refractivity (Wildman–Crippen MR) is 40.5 cm³/mol. The van der Waals surface area contributed by atoms with Crippen LogP contribution in [-0.4, -0.2) is 23.6 Å². The molecule has 4 atom stereocenters. The maximum absolute atomic E-state index is 11.3. The summed E-state index contributed by atoms with van der Waals surface area (Å²) in [4.78, 5) is 22.5. The Morgan fingerprint density at radius 2 is 2.15 bits per heavy atom. The van der Waals surface area contributed by atoms with Crippen LogP contribution in [0.25, 0.3) is 0 Å². The smallest absolute Gasteiger partial charge is 0.320 e. The quantitative estimate of drug-likeness (QED) is 0.300. The van der Waals surface area contributed by atoms with Crippen LogP contribution in [0.1, 0.15) is 6.92 Å². The van der Waals surface area contributed by atoms with E-state index in [1.165, 1.54) is 0 Å². The first-order valence-electron chi connectivity index (χ1n) is 4.24.